The molecule has 0 radical (unpaired) electrons. The van der Waals surface area contributed by atoms with Crippen molar-refractivity contribution in [2.45, 2.75) is 19.6 Å². The molecule has 0 fully saturated rings. The summed E-state index contributed by atoms with van der Waals surface area (Å²) in [5, 5.41) is 13.2. The highest BCUT2D eigenvalue weighted by Gasteiger charge is 2.09. The Bertz CT molecular complexity index is 495. The van der Waals surface area contributed by atoms with Crippen molar-refractivity contribution in [3.8, 4) is 0 Å². The molecule has 2 aromatic rings. The quantitative estimate of drug-likeness (QED) is 0.879. The van der Waals surface area contributed by atoms with Crippen LogP contribution in [-0.2, 0) is 6.54 Å². The van der Waals surface area contributed by atoms with Crippen LogP contribution in [0.25, 0.3) is 0 Å². The average Bonchev–Trinajstić information content (AvgIpc) is 2.78. The second-order valence-corrected chi connectivity index (χ2v) is 6.02. The first-order chi connectivity index (χ1) is 8.65. The summed E-state index contributed by atoms with van der Waals surface area (Å²) in [6, 6.07) is 12.0. The fourth-order valence-electron chi connectivity index (χ4n) is 1.67. The summed E-state index contributed by atoms with van der Waals surface area (Å²) in [5.41, 5.74) is 2.48. The Kier molecular flexibility index (Phi) is 4.78. The molecule has 0 aliphatic carbocycles. The summed E-state index contributed by atoms with van der Waals surface area (Å²) in [4.78, 5) is 0.899. The predicted octanol–water partition coefficient (Wildman–Crippen LogP) is 3.53. The Morgan fingerprint density at radius 2 is 1.94 bits per heavy atom. The lowest BCUT2D eigenvalue weighted by Gasteiger charge is -2.10. The third-order valence-electron chi connectivity index (χ3n) is 2.71. The monoisotopic (exact) mass is 281 g/mol. The van der Waals surface area contributed by atoms with Gasteiger partial charge in [0.25, 0.3) is 0 Å². The summed E-state index contributed by atoms with van der Waals surface area (Å²) in [7, 11) is 0. The van der Waals surface area contributed by atoms with Crippen LogP contribution in [0, 0.1) is 6.92 Å². The number of aryl methyl sites for hydroxylation is 1. The number of thiophene rings is 1. The van der Waals surface area contributed by atoms with Gasteiger partial charge in [0.1, 0.15) is 6.10 Å². The minimum atomic E-state index is -0.493. The van der Waals surface area contributed by atoms with E-state index in [-0.39, 0.29) is 0 Å². The lowest BCUT2D eigenvalue weighted by atomic mass is 10.1. The molecule has 1 heterocycles. The van der Waals surface area contributed by atoms with Gasteiger partial charge in [-0.05, 0) is 24.6 Å². The molecule has 2 N–H and O–H groups in total. The van der Waals surface area contributed by atoms with E-state index in [1.54, 1.807) is 0 Å². The number of aliphatic hydroxyl groups excluding tert-OH is 1. The van der Waals surface area contributed by atoms with Gasteiger partial charge in [0.05, 0.1) is 4.34 Å². The number of hydrogen-bond acceptors (Lipinski definition) is 3. The van der Waals surface area contributed by atoms with E-state index in [4.69, 9.17) is 11.6 Å². The number of hydrogen-bond donors (Lipinski definition) is 2. The predicted molar refractivity (Wildman–Crippen MR) is 77.2 cm³/mol. The van der Waals surface area contributed by atoms with E-state index < -0.39 is 6.10 Å². The van der Waals surface area contributed by atoms with Crippen LogP contribution in [0.2, 0.25) is 4.34 Å². The molecular weight excluding hydrogens is 266 g/mol. The van der Waals surface area contributed by atoms with Crippen LogP contribution in [0.15, 0.2) is 36.4 Å². The fraction of sp³-hybridized carbons (Fsp3) is 0.286. The van der Waals surface area contributed by atoms with Crippen LogP contribution in [0.5, 0.6) is 0 Å². The van der Waals surface area contributed by atoms with Crippen LogP contribution in [0.1, 0.15) is 22.1 Å². The topological polar surface area (TPSA) is 32.3 Å². The van der Waals surface area contributed by atoms with Gasteiger partial charge in [-0.2, -0.15) is 0 Å². The third-order valence-corrected chi connectivity index (χ3v) is 4.04. The SMILES string of the molecule is Cc1ccc(CNCC(O)c2ccc(Cl)s2)cc1. The maximum Gasteiger partial charge on any atom is 0.101 e. The lowest BCUT2D eigenvalue weighted by Crippen LogP contribution is -2.20. The van der Waals surface area contributed by atoms with E-state index in [1.807, 2.05) is 12.1 Å². The molecular formula is C14H16ClNOS. The molecule has 0 aliphatic rings. The number of rotatable bonds is 5. The van der Waals surface area contributed by atoms with Gasteiger partial charge in [0, 0.05) is 18.0 Å². The van der Waals surface area contributed by atoms with Gasteiger partial charge < -0.3 is 10.4 Å². The zero-order valence-electron chi connectivity index (χ0n) is 10.2. The number of aliphatic hydroxyl groups is 1. The van der Waals surface area contributed by atoms with Crippen molar-refractivity contribution in [2.75, 3.05) is 6.54 Å². The van der Waals surface area contributed by atoms with Gasteiger partial charge in [-0.1, -0.05) is 41.4 Å². The number of benzene rings is 1. The third kappa shape index (κ3) is 3.82. The second kappa shape index (κ2) is 6.34. The fourth-order valence-corrected chi connectivity index (χ4v) is 2.71. The summed E-state index contributed by atoms with van der Waals surface area (Å²) in [6.07, 6.45) is -0.493. The molecule has 2 nitrogen and oxygen atoms in total. The summed E-state index contributed by atoms with van der Waals surface area (Å²) in [5.74, 6) is 0. The van der Waals surface area contributed by atoms with E-state index in [0.717, 1.165) is 11.4 Å². The zero-order chi connectivity index (χ0) is 13.0. The molecule has 1 aromatic heterocycles. The molecule has 0 bridgehead atoms. The molecule has 0 saturated heterocycles. The minimum Gasteiger partial charge on any atom is -0.386 e. The Labute approximate surface area is 116 Å². The smallest absolute Gasteiger partial charge is 0.101 e. The van der Waals surface area contributed by atoms with Crippen molar-refractivity contribution < 1.29 is 5.11 Å². The van der Waals surface area contributed by atoms with E-state index in [2.05, 4.69) is 36.5 Å². The van der Waals surface area contributed by atoms with Gasteiger partial charge in [-0.15, -0.1) is 11.3 Å². The molecule has 0 spiro atoms. The van der Waals surface area contributed by atoms with E-state index in [1.165, 1.54) is 22.5 Å². The van der Waals surface area contributed by atoms with E-state index in [9.17, 15) is 5.11 Å². The molecule has 0 aliphatic heterocycles. The van der Waals surface area contributed by atoms with Crippen LogP contribution < -0.4 is 5.32 Å². The highest BCUT2D eigenvalue weighted by atomic mass is 35.5. The van der Waals surface area contributed by atoms with Crippen molar-refractivity contribution in [1.29, 1.82) is 0 Å². The molecule has 0 saturated carbocycles. The first-order valence-corrected chi connectivity index (χ1v) is 7.04. The Morgan fingerprint density at radius 1 is 1.22 bits per heavy atom. The standard InChI is InChI=1S/C14H16ClNOS/c1-10-2-4-11(5-3-10)8-16-9-12(17)13-6-7-14(15)18-13/h2-7,12,16-17H,8-9H2,1H3. The molecule has 0 amide bonds. The average molecular weight is 282 g/mol. The van der Waals surface area contributed by atoms with Gasteiger partial charge in [-0.3, -0.25) is 0 Å². The normalized spacial score (nSPS) is 12.6. The number of nitrogens with one attached hydrogen (secondary N) is 1. The molecule has 1 unspecified atom stereocenters. The molecule has 1 aromatic carbocycles. The number of halogens is 1. The Morgan fingerprint density at radius 3 is 2.56 bits per heavy atom. The van der Waals surface area contributed by atoms with Crippen molar-refractivity contribution in [1.82, 2.24) is 5.32 Å². The second-order valence-electron chi connectivity index (χ2n) is 4.27. The summed E-state index contributed by atoms with van der Waals surface area (Å²) >= 11 is 7.26. The van der Waals surface area contributed by atoms with Gasteiger partial charge >= 0.3 is 0 Å². The Hall–Kier alpha value is -0.870. The van der Waals surface area contributed by atoms with Crippen molar-refractivity contribution in [3.05, 3.63) is 56.7 Å². The van der Waals surface area contributed by atoms with Crippen molar-refractivity contribution in [3.63, 3.8) is 0 Å². The molecule has 1 atom stereocenters. The van der Waals surface area contributed by atoms with Gasteiger partial charge in [-0.25, -0.2) is 0 Å². The van der Waals surface area contributed by atoms with Crippen LogP contribution in [0.3, 0.4) is 0 Å². The van der Waals surface area contributed by atoms with Gasteiger partial charge in [0.2, 0.25) is 0 Å². The first kappa shape index (κ1) is 13.6. The lowest BCUT2D eigenvalue weighted by molar-refractivity contribution is 0.178. The van der Waals surface area contributed by atoms with E-state index >= 15 is 0 Å². The van der Waals surface area contributed by atoms with Crippen LogP contribution in [-0.4, -0.2) is 11.7 Å². The van der Waals surface area contributed by atoms with Crippen molar-refractivity contribution in [2.24, 2.45) is 0 Å². The molecule has 4 heteroatoms. The maximum absolute atomic E-state index is 9.95. The highest BCUT2D eigenvalue weighted by Crippen LogP contribution is 2.26. The molecule has 2 rings (SSSR count). The first-order valence-electron chi connectivity index (χ1n) is 5.85. The minimum absolute atomic E-state index is 0.493. The largest absolute Gasteiger partial charge is 0.386 e. The summed E-state index contributed by atoms with van der Waals surface area (Å²) < 4.78 is 0.711. The maximum atomic E-state index is 9.95. The van der Waals surface area contributed by atoms with E-state index in [0.29, 0.717) is 10.9 Å². The van der Waals surface area contributed by atoms with Gasteiger partial charge in [0.15, 0.2) is 0 Å². The molecule has 96 valence electrons. The molecule has 18 heavy (non-hydrogen) atoms. The summed E-state index contributed by atoms with van der Waals surface area (Å²) in [6.45, 7) is 3.36. The van der Waals surface area contributed by atoms with Crippen LogP contribution in [0.4, 0.5) is 0 Å². The van der Waals surface area contributed by atoms with Crippen LogP contribution >= 0.6 is 22.9 Å². The zero-order valence-corrected chi connectivity index (χ0v) is 11.8. The Balaban J connectivity index is 1.80. The highest BCUT2D eigenvalue weighted by molar-refractivity contribution is 7.16. The van der Waals surface area contributed by atoms with Crippen molar-refractivity contribution >= 4 is 22.9 Å².